The van der Waals surface area contributed by atoms with Crippen molar-refractivity contribution in [1.82, 2.24) is 24.8 Å². The molecule has 57 heavy (non-hydrogen) atoms. The van der Waals surface area contributed by atoms with Crippen molar-refractivity contribution < 1.29 is 45.7 Å². The van der Waals surface area contributed by atoms with Crippen molar-refractivity contribution in [3.63, 3.8) is 0 Å². The van der Waals surface area contributed by atoms with Crippen LogP contribution >= 0.6 is 34.2 Å². The number of carbonyl (C=O) groups excluding carboxylic acids is 1. The minimum atomic E-state index is -3.92. The number of amides is 1. The summed E-state index contributed by atoms with van der Waals surface area (Å²) < 4.78 is 81.8. The Hall–Kier alpha value is -4.54. The number of sulfone groups is 1. The predicted molar refractivity (Wildman–Crippen MR) is 215 cm³/mol. The molecule has 21 heteroatoms. The molecule has 1 atom stereocenters. The normalized spacial score (nSPS) is 15.6. The first kappa shape index (κ1) is 42.1. The first-order valence-corrected chi connectivity index (χ1v) is 21.4. The van der Waals surface area contributed by atoms with Crippen LogP contribution in [0.5, 0.6) is 17.5 Å². The Morgan fingerprint density at radius 3 is 2.49 bits per heavy atom. The van der Waals surface area contributed by atoms with Gasteiger partial charge in [0.1, 0.15) is 12.2 Å². The van der Waals surface area contributed by atoms with E-state index in [0.29, 0.717) is 32.8 Å². The van der Waals surface area contributed by atoms with Crippen molar-refractivity contribution in [2.45, 2.75) is 43.6 Å². The third kappa shape index (κ3) is 10.9. The maximum absolute atomic E-state index is 14.4. The van der Waals surface area contributed by atoms with Crippen LogP contribution in [0.4, 0.5) is 36.8 Å². The van der Waals surface area contributed by atoms with Crippen molar-refractivity contribution in [3.8, 4) is 17.5 Å². The zero-order valence-corrected chi connectivity index (χ0v) is 35.0. The van der Waals surface area contributed by atoms with E-state index in [-0.39, 0.29) is 75.2 Å². The van der Waals surface area contributed by atoms with E-state index in [0.717, 1.165) is 10.7 Å². The van der Waals surface area contributed by atoms with Gasteiger partial charge in [0, 0.05) is 48.6 Å². The summed E-state index contributed by atoms with van der Waals surface area (Å²) in [6, 6.07) is 10.8. The lowest BCUT2D eigenvalue weighted by molar-refractivity contribution is -0.287. The van der Waals surface area contributed by atoms with E-state index in [4.69, 9.17) is 35.3 Å². The number of alkyl halides is 3. The molecule has 306 valence electrons. The summed E-state index contributed by atoms with van der Waals surface area (Å²) in [5.74, 6) is -0.221. The third-order valence-electron chi connectivity index (χ3n) is 8.29. The second kappa shape index (κ2) is 17.5. The van der Waals surface area contributed by atoms with Crippen LogP contribution in [-0.4, -0.2) is 108 Å². The van der Waals surface area contributed by atoms with E-state index < -0.39 is 33.9 Å². The van der Waals surface area contributed by atoms with Crippen LogP contribution in [0.25, 0.3) is 0 Å². The summed E-state index contributed by atoms with van der Waals surface area (Å²) in [7, 11) is -3.74. The second-order valence-electron chi connectivity index (χ2n) is 13.7. The molecule has 2 aliphatic rings. The fraction of sp³-hybridized carbons (Fsp3) is 0.417. The number of rotatable bonds is 14. The van der Waals surface area contributed by atoms with Crippen LogP contribution in [0, 0.1) is 0 Å². The Kier molecular flexibility index (Phi) is 12.9. The number of aromatic nitrogens is 4. The van der Waals surface area contributed by atoms with E-state index in [9.17, 15) is 22.0 Å². The SMILES string of the molecule is CC(C)(C)OC(=O)N1CCN(c2nc(Nc3cc(S(C)(=O)=O)ccc3N[C@@H](c3cccc4c3OC(F)(F)O4)c3ncccc3Cl)nc(OCCOCCI)n2)CC1. The molecule has 0 bridgehead atoms. The molecule has 2 aromatic carbocycles. The van der Waals surface area contributed by atoms with E-state index in [1.807, 2.05) is 4.90 Å². The van der Waals surface area contributed by atoms with E-state index >= 15 is 0 Å². The number of benzene rings is 2. The van der Waals surface area contributed by atoms with Crippen molar-refractivity contribution in [3.05, 3.63) is 71.0 Å². The number of para-hydroxylation sites is 1. The van der Waals surface area contributed by atoms with Crippen LogP contribution in [0.1, 0.15) is 38.1 Å². The van der Waals surface area contributed by atoms with Crippen molar-refractivity contribution in [2.24, 2.45) is 0 Å². The second-order valence-corrected chi connectivity index (χ2v) is 17.2. The third-order valence-corrected chi connectivity index (χ3v) is 10.2. The van der Waals surface area contributed by atoms with Gasteiger partial charge in [-0.25, -0.2) is 13.2 Å². The predicted octanol–water partition coefficient (Wildman–Crippen LogP) is 6.48. The van der Waals surface area contributed by atoms with Crippen LogP contribution in [0.3, 0.4) is 0 Å². The van der Waals surface area contributed by atoms with Gasteiger partial charge in [0.25, 0.3) is 0 Å². The Morgan fingerprint density at radius 1 is 1.02 bits per heavy atom. The maximum Gasteiger partial charge on any atom is 0.586 e. The number of ether oxygens (including phenoxy) is 5. The number of pyridine rings is 1. The number of hydrogen-bond donors (Lipinski definition) is 2. The number of anilines is 4. The van der Waals surface area contributed by atoms with E-state index in [2.05, 4.69) is 53.2 Å². The number of nitrogens with one attached hydrogen (secondary N) is 2. The quantitative estimate of drug-likeness (QED) is 0.0797. The lowest BCUT2D eigenvalue weighted by atomic mass is 10.0. The molecule has 0 radical (unpaired) electrons. The van der Waals surface area contributed by atoms with Gasteiger partial charge in [0.05, 0.1) is 46.2 Å². The highest BCUT2D eigenvalue weighted by atomic mass is 127. The molecule has 4 heterocycles. The van der Waals surface area contributed by atoms with Gasteiger partial charge < -0.3 is 44.1 Å². The van der Waals surface area contributed by atoms with Gasteiger partial charge in [-0.2, -0.15) is 15.0 Å². The smallest absolute Gasteiger partial charge is 0.461 e. The van der Waals surface area contributed by atoms with Crippen LogP contribution in [0.15, 0.2) is 59.6 Å². The lowest BCUT2D eigenvalue weighted by Gasteiger charge is -2.35. The van der Waals surface area contributed by atoms with Gasteiger partial charge in [0.2, 0.25) is 11.9 Å². The number of piperazine rings is 1. The zero-order chi connectivity index (χ0) is 41.0. The first-order chi connectivity index (χ1) is 27.0. The van der Waals surface area contributed by atoms with Gasteiger partial charge in [-0.3, -0.25) is 4.98 Å². The molecule has 0 aliphatic carbocycles. The monoisotopic (exact) mass is 944 g/mol. The summed E-state index contributed by atoms with van der Waals surface area (Å²) in [6.45, 7) is 7.70. The average Bonchev–Trinajstić information content (AvgIpc) is 3.47. The van der Waals surface area contributed by atoms with Crippen molar-refractivity contribution in [1.29, 1.82) is 0 Å². The number of nitrogens with zero attached hydrogens (tertiary/aromatic N) is 6. The van der Waals surface area contributed by atoms with Crippen LogP contribution in [0.2, 0.25) is 5.02 Å². The molecule has 0 unspecified atom stereocenters. The summed E-state index contributed by atoms with van der Waals surface area (Å²) in [5.41, 5.74) is 0.253. The topological polar surface area (TPSA) is 179 Å². The van der Waals surface area contributed by atoms with Gasteiger partial charge in [-0.15, -0.1) is 8.78 Å². The van der Waals surface area contributed by atoms with Crippen molar-refractivity contribution >= 4 is 73.4 Å². The molecule has 1 amide bonds. The Morgan fingerprint density at radius 2 is 1.79 bits per heavy atom. The molecule has 1 fully saturated rings. The molecule has 2 aliphatic heterocycles. The van der Waals surface area contributed by atoms with Gasteiger partial charge in [-0.05, 0) is 57.2 Å². The van der Waals surface area contributed by atoms with Gasteiger partial charge in [0.15, 0.2) is 21.3 Å². The molecule has 0 saturated carbocycles. The number of carbonyl (C=O) groups is 1. The fourth-order valence-corrected chi connectivity index (χ4v) is 6.94. The largest absolute Gasteiger partial charge is 0.586 e. The van der Waals surface area contributed by atoms with E-state index in [1.165, 1.54) is 36.5 Å². The molecule has 1 saturated heterocycles. The van der Waals surface area contributed by atoms with Gasteiger partial charge >= 0.3 is 18.4 Å². The van der Waals surface area contributed by atoms with Gasteiger partial charge in [-0.1, -0.05) is 46.3 Å². The summed E-state index contributed by atoms with van der Waals surface area (Å²) in [6.07, 6.45) is -1.79. The molecule has 6 rings (SSSR count). The molecule has 2 N–H and O–H groups in total. The fourth-order valence-electron chi connectivity index (χ4n) is 5.75. The minimum absolute atomic E-state index is 0.0177. The standard InChI is InChI=1S/C36H40ClF2IN8O8S/c1-35(2,3)56-34(49)48-16-14-47(15-17-48)32-44-31(45-33(46-32)53-20-19-52-18-12-40)43-26-21-22(57(4,50)51)10-11-25(26)42-28(29-24(37)8-6-13-41-29)23-7-5-9-27-30(23)55-36(38,39)54-27/h5-11,13,21,28,42H,12,14-20H2,1-4H3,(H,43,44,45,46)/t28-/m0/s1. The summed E-state index contributed by atoms with van der Waals surface area (Å²) >= 11 is 8.83. The molecule has 0 spiro atoms. The Bertz CT molecular complexity index is 2200. The first-order valence-electron chi connectivity index (χ1n) is 17.6. The molecular weight excluding hydrogens is 905 g/mol. The average molecular weight is 945 g/mol. The Balaban J connectivity index is 1.36. The highest BCUT2D eigenvalue weighted by Gasteiger charge is 2.45. The maximum atomic E-state index is 14.4. The number of halogens is 4. The van der Waals surface area contributed by atoms with Crippen LogP contribution in [-0.2, 0) is 19.3 Å². The zero-order valence-electron chi connectivity index (χ0n) is 31.3. The lowest BCUT2D eigenvalue weighted by Crippen LogP contribution is -2.50. The molecule has 4 aromatic rings. The molecule has 16 nitrogen and oxygen atoms in total. The summed E-state index contributed by atoms with van der Waals surface area (Å²) in [5, 5.41) is 6.61. The number of fused-ring (bicyclic) bond motifs is 1. The summed E-state index contributed by atoms with van der Waals surface area (Å²) in [4.78, 5) is 34.3. The highest BCUT2D eigenvalue weighted by Crippen LogP contribution is 2.48. The van der Waals surface area contributed by atoms with Crippen molar-refractivity contribution in [2.75, 3.05) is 72.2 Å². The van der Waals surface area contributed by atoms with Crippen LogP contribution < -0.4 is 29.7 Å². The highest BCUT2D eigenvalue weighted by molar-refractivity contribution is 14.1. The molecular formula is C36H40ClF2IN8O8S. The number of hydrogen-bond acceptors (Lipinski definition) is 15. The Labute approximate surface area is 346 Å². The van der Waals surface area contributed by atoms with E-state index in [1.54, 1.807) is 43.9 Å². The minimum Gasteiger partial charge on any atom is -0.461 e. The molecule has 2 aromatic heterocycles.